The molecule has 0 aliphatic heterocycles. The Morgan fingerprint density at radius 1 is 1.33 bits per heavy atom. The van der Waals surface area contributed by atoms with E-state index in [2.05, 4.69) is 12.2 Å². The zero-order valence-electron chi connectivity index (χ0n) is 13.3. The van der Waals surface area contributed by atoms with E-state index in [-0.39, 0.29) is 5.91 Å². The molecular weight excluding hydrogens is 266 g/mol. The van der Waals surface area contributed by atoms with Crippen molar-refractivity contribution < 1.29 is 9.53 Å². The van der Waals surface area contributed by atoms with E-state index in [1.807, 2.05) is 19.0 Å². The van der Waals surface area contributed by atoms with Crippen LogP contribution in [0.3, 0.4) is 0 Å². The van der Waals surface area contributed by atoms with E-state index in [4.69, 9.17) is 10.5 Å². The topological polar surface area (TPSA) is 67.6 Å². The minimum Gasteiger partial charge on any atom is -0.491 e. The van der Waals surface area contributed by atoms with Crippen molar-refractivity contribution in [3.8, 4) is 5.75 Å². The summed E-state index contributed by atoms with van der Waals surface area (Å²) in [4.78, 5) is 14.0. The molecule has 0 aliphatic rings. The normalized spacial score (nSPS) is 10.7. The molecule has 0 heterocycles. The first-order valence-corrected chi connectivity index (χ1v) is 7.49. The van der Waals surface area contributed by atoms with Gasteiger partial charge in [0, 0.05) is 18.7 Å². The van der Waals surface area contributed by atoms with Crippen LogP contribution in [0.1, 0.15) is 36.5 Å². The molecule has 0 spiro atoms. The Kier molecular flexibility index (Phi) is 7.61. The van der Waals surface area contributed by atoms with Gasteiger partial charge in [-0.2, -0.15) is 0 Å². The standard InChI is InChI=1S/C16H27N3O2/c1-4-5-6-11-21-15-8-7-13(12-14(15)17)16(20)18-9-10-19(2)3/h7-8,12H,4-6,9-11,17H2,1-3H3,(H,18,20). The van der Waals surface area contributed by atoms with E-state index < -0.39 is 0 Å². The lowest BCUT2D eigenvalue weighted by atomic mass is 10.1. The van der Waals surface area contributed by atoms with Crippen molar-refractivity contribution in [2.75, 3.05) is 39.5 Å². The maximum absolute atomic E-state index is 12.0. The number of nitrogens with two attached hydrogens (primary N) is 1. The highest BCUT2D eigenvalue weighted by atomic mass is 16.5. The molecule has 5 nitrogen and oxygen atoms in total. The second kappa shape index (κ2) is 9.23. The van der Waals surface area contributed by atoms with Gasteiger partial charge in [-0.3, -0.25) is 4.79 Å². The maximum atomic E-state index is 12.0. The third-order valence-corrected chi connectivity index (χ3v) is 3.12. The van der Waals surface area contributed by atoms with Crippen LogP contribution in [0.15, 0.2) is 18.2 Å². The minimum atomic E-state index is -0.110. The zero-order valence-corrected chi connectivity index (χ0v) is 13.3. The van der Waals surface area contributed by atoms with Gasteiger partial charge in [-0.1, -0.05) is 19.8 Å². The van der Waals surface area contributed by atoms with E-state index >= 15 is 0 Å². The van der Waals surface area contributed by atoms with Gasteiger partial charge in [-0.25, -0.2) is 0 Å². The molecule has 1 rings (SSSR count). The lowest BCUT2D eigenvalue weighted by Crippen LogP contribution is -2.31. The molecule has 0 bridgehead atoms. The minimum absolute atomic E-state index is 0.110. The van der Waals surface area contributed by atoms with Crippen LogP contribution in [0.2, 0.25) is 0 Å². The van der Waals surface area contributed by atoms with Gasteiger partial charge >= 0.3 is 0 Å². The molecule has 0 fully saturated rings. The molecule has 0 radical (unpaired) electrons. The van der Waals surface area contributed by atoms with Crippen LogP contribution in [0, 0.1) is 0 Å². The summed E-state index contributed by atoms with van der Waals surface area (Å²) in [6.45, 7) is 4.23. The van der Waals surface area contributed by atoms with Gasteiger partial charge in [-0.05, 0) is 38.7 Å². The van der Waals surface area contributed by atoms with Gasteiger partial charge in [0.15, 0.2) is 0 Å². The summed E-state index contributed by atoms with van der Waals surface area (Å²) in [7, 11) is 3.93. The highest BCUT2D eigenvalue weighted by Gasteiger charge is 2.08. The number of rotatable bonds is 9. The molecule has 0 aromatic heterocycles. The molecule has 21 heavy (non-hydrogen) atoms. The monoisotopic (exact) mass is 293 g/mol. The number of anilines is 1. The molecule has 0 unspecified atom stereocenters. The molecule has 5 heteroatoms. The molecule has 0 saturated carbocycles. The summed E-state index contributed by atoms with van der Waals surface area (Å²) in [5.41, 5.74) is 7.01. The van der Waals surface area contributed by atoms with Crippen LogP contribution in [0.4, 0.5) is 5.69 Å². The van der Waals surface area contributed by atoms with Crippen molar-refractivity contribution in [3.63, 3.8) is 0 Å². The number of benzene rings is 1. The van der Waals surface area contributed by atoms with Gasteiger partial charge in [0.2, 0.25) is 0 Å². The molecule has 1 amide bonds. The number of nitrogens with zero attached hydrogens (tertiary/aromatic N) is 1. The summed E-state index contributed by atoms with van der Waals surface area (Å²) < 4.78 is 5.62. The largest absolute Gasteiger partial charge is 0.491 e. The van der Waals surface area contributed by atoms with Crippen molar-refractivity contribution in [2.24, 2.45) is 0 Å². The van der Waals surface area contributed by atoms with Crippen LogP contribution >= 0.6 is 0 Å². The highest BCUT2D eigenvalue weighted by Crippen LogP contribution is 2.22. The number of nitrogens with one attached hydrogen (secondary N) is 1. The number of hydrogen-bond acceptors (Lipinski definition) is 4. The van der Waals surface area contributed by atoms with Crippen LogP contribution < -0.4 is 15.8 Å². The van der Waals surface area contributed by atoms with E-state index in [9.17, 15) is 4.79 Å². The molecule has 3 N–H and O–H groups in total. The van der Waals surface area contributed by atoms with Crippen molar-refractivity contribution in [3.05, 3.63) is 23.8 Å². The third-order valence-electron chi connectivity index (χ3n) is 3.12. The fourth-order valence-electron chi connectivity index (χ4n) is 1.85. The molecule has 1 aromatic carbocycles. The number of carbonyl (C=O) groups is 1. The summed E-state index contributed by atoms with van der Waals surface area (Å²) in [5, 5.41) is 2.86. The van der Waals surface area contributed by atoms with Crippen molar-refractivity contribution >= 4 is 11.6 Å². The molecule has 1 aromatic rings. The Bertz CT molecular complexity index is 447. The summed E-state index contributed by atoms with van der Waals surface area (Å²) in [6.07, 6.45) is 3.32. The van der Waals surface area contributed by atoms with Gasteiger partial charge in [0.05, 0.1) is 12.3 Å². The Balaban J connectivity index is 2.50. The second-order valence-corrected chi connectivity index (χ2v) is 5.37. The predicted molar refractivity (Wildman–Crippen MR) is 86.8 cm³/mol. The number of amides is 1. The Morgan fingerprint density at radius 2 is 2.10 bits per heavy atom. The number of ether oxygens (including phenoxy) is 1. The average molecular weight is 293 g/mol. The summed E-state index contributed by atoms with van der Waals surface area (Å²) in [6, 6.07) is 5.18. The Morgan fingerprint density at radius 3 is 2.71 bits per heavy atom. The Labute approximate surface area is 127 Å². The van der Waals surface area contributed by atoms with Crippen molar-refractivity contribution in [2.45, 2.75) is 26.2 Å². The van der Waals surface area contributed by atoms with E-state index in [1.165, 1.54) is 0 Å². The quantitative estimate of drug-likeness (QED) is 0.540. The van der Waals surface area contributed by atoms with Crippen molar-refractivity contribution in [1.82, 2.24) is 10.2 Å². The fraction of sp³-hybridized carbons (Fsp3) is 0.562. The maximum Gasteiger partial charge on any atom is 0.251 e. The van der Waals surface area contributed by atoms with Gasteiger partial charge < -0.3 is 20.7 Å². The predicted octanol–water partition coefficient (Wildman–Crippen LogP) is 2.13. The van der Waals surface area contributed by atoms with Crippen LogP contribution in [-0.4, -0.2) is 44.6 Å². The number of unbranched alkanes of at least 4 members (excludes halogenated alkanes) is 2. The first kappa shape index (κ1) is 17.3. The number of likely N-dealkylation sites (N-methyl/N-ethyl adjacent to an activating group) is 1. The lowest BCUT2D eigenvalue weighted by molar-refractivity contribution is 0.0951. The van der Waals surface area contributed by atoms with Crippen molar-refractivity contribution in [1.29, 1.82) is 0 Å². The smallest absolute Gasteiger partial charge is 0.251 e. The van der Waals surface area contributed by atoms with Crippen LogP contribution in [0.5, 0.6) is 5.75 Å². The number of nitrogen functional groups attached to an aromatic ring is 1. The van der Waals surface area contributed by atoms with Crippen LogP contribution in [-0.2, 0) is 0 Å². The third kappa shape index (κ3) is 6.49. The summed E-state index contributed by atoms with van der Waals surface area (Å²) in [5.74, 6) is 0.539. The average Bonchev–Trinajstić information content (AvgIpc) is 2.44. The first-order chi connectivity index (χ1) is 10.0. The molecular formula is C16H27N3O2. The molecule has 118 valence electrons. The van der Waals surface area contributed by atoms with E-state index in [0.29, 0.717) is 30.2 Å². The number of carbonyl (C=O) groups excluding carboxylic acids is 1. The molecule has 0 atom stereocenters. The Hall–Kier alpha value is -1.75. The first-order valence-electron chi connectivity index (χ1n) is 7.49. The van der Waals surface area contributed by atoms with E-state index in [0.717, 1.165) is 25.8 Å². The lowest BCUT2D eigenvalue weighted by Gasteiger charge is -2.12. The van der Waals surface area contributed by atoms with E-state index in [1.54, 1.807) is 18.2 Å². The molecule has 0 saturated heterocycles. The second-order valence-electron chi connectivity index (χ2n) is 5.37. The van der Waals surface area contributed by atoms with Gasteiger partial charge in [0.25, 0.3) is 5.91 Å². The fourth-order valence-corrected chi connectivity index (χ4v) is 1.85. The van der Waals surface area contributed by atoms with Crippen LogP contribution in [0.25, 0.3) is 0 Å². The zero-order chi connectivity index (χ0) is 15.7. The number of hydrogen-bond donors (Lipinski definition) is 2. The summed E-state index contributed by atoms with van der Waals surface area (Å²) >= 11 is 0. The van der Waals surface area contributed by atoms with Gasteiger partial charge in [-0.15, -0.1) is 0 Å². The van der Waals surface area contributed by atoms with Gasteiger partial charge in [0.1, 0.15) is 5.75 Å². The molecule has 0 aliphatic carbocycles. The highest BCUT2D eigenvalue weighted by molar-refractivity contribution is 5.95. The SMILES string of the molecule is CCCCCOc1ccc(C(=O)NCCN(C)C)cc1N.